The van der Waals surface area contributed by atoms with Crippen molar-refractivity contribution >= 4 is 12.3 Å². The number of nitrogens with one attached hydrogen (secondary N) is 1. The summed E-state index contributed by atoms with van der Waals surface area (Å²) in [5.74, 6) is 6.92. The van der Waals surface area contributed by atoms with Crippen LogP contribution in [0.4, 0.5) is 0 Å². The Morgan fingerprint density at radius 1 is 0.753 bits per heavy atom. The average molecular weight is 1200 g/mol. The summed E-state index contributed by atoms with van der Waals surface area (Å²) in [6.07, 6.45) is 24.1. The monoisotopic (exact) mass is 1200 g/mol. The van der Waals surface area contributed by atoms with Crippen molar-refractivity contribution in [3.05, 3.63) is 130 Å². The standard InChI is InChI=1S/C79H95NO9/c1-80-66-38-59-49(14-8-16-53(59)41-81)22-26-73(24-5-6-25-73)42-74-27-23-67-75(44-82)43-76-56(33-54-32-50(20-21-63(54)76)48-12-3-2-4-13-48)36-57-31-46-11-7-10-45(28-46)29-47-18-19-52(30-47)58-17-9-15-51-35-65(72(76)88-57)78(75,86)64(37-60(51)58)71(84)79(67,87)77(74,85)40-55-34-61(66)70-62(69(55)74)39-68(83)89-70/h2-4,7-16,28,39,44,47,50-52,54-58,60-61,63-67,69-72,80-81,84-87H,5-6,17-21,23-25,27,29-38,40-43H2,1H3. The molecule has 10 saturated carbocycles. The molecule has 19 rings (SSSR count). The molecule has 3 aliphatic heterocycles. The summed E-state index contributed by atoms with van der Waals surface area (Å²) in [7, 11) is 1.97. The van der Waals surface area contributed by atoms with Crippen molar-refractivity contribution in [2.24, 2.45) is 105 Å². The third-order valence-corrected chi connectivity index (χ3v) is 30.5. The SMILES string of the molecule is CNC1Cc2c(cccc2CO)C#CC2(CCCC2)CC23CCC4C5(C=O)CC67C(CC8Cc9cccc(c9)CC9CCC(C9)C9CC=CC%10CC(C6O8)C5(O)C(CC%109)C(O)C4(O)C2(O)CC2CC1C1OC(=O)C=C1C23)CC1CC(c2ccccc2)CCC17. The number of benzene rings is 3. The number of esters is 1. The maximum absolute atomic E-state index is 16.2. The molecule has 0 aromatic heterocycles. The normalized spacial score (nSPS) is 49.6. The highest BCUT2D eigenvalue weighted by atomic mass is 16.5. The van der Waals surface area contributed by atoms with E-state index in [-0.39, 0.29) is 78.7 Å². The van der Waals surface area contributed by atoms with E-state index in [0.717, 1.165) is 112 Å². The van der Waals surface area contributed by atoms with E-state index in [1.165, 1.54) is 29.4 Å². The first-order valence-corrected chi connectivity index (χ1v) is 35.8. The summed E-state index contributed by atoms with van der Waals surface area (Å²) in [6, 6.07) is 26.4. The van der Waals surface area contributed by atoms with Crippen molar-refractivity contribution in [2.45, 2.75) is 214 Å². The predicted molar refractivity (Wildman–Crippen MR) is 337 cm³/mol. The molecule has 0 radical (unpaired) electrons. The van der Waals surface area contributed by atoms with Crippen LogP contribution in [0.1, 0.15) is 174 Å². The lowest BCUT2D eigenvalue weighted by molar-refractivity contribution is -0.395. The highest BCUT2D eigenvalue weighted by Gasteiger charge is 2.88. The second-order valence-corrected chi connectivity index (χ2v) is 33.3. The topological polar surface area (TPSA) is 166 Å². The van der Waals surface area contributed by atoms with E-state index in [1.807, 2.05) is 19.2 Å². The number of carbonyl (C=O) groups excluding carboxylic acids is 2. The minimum atomic E-state index is -2.24. The van der Waals surface area contributed by atoms with E-state index >= 15 is 20.1 Å². The number of aliphatic hydroxyl groups excluding tert-OH is 2. The van der Waals surface area contributed by atoms with Crippen molar-refractivity contribution in [1.82, 2.24) is 5.32 Å². The maximum atomic E-state index is 16.2. The van der Waals surface area contributed by atoms with Crippen LogP contribution in [0, 0.1) is 116 Å². The fourth-order valence-corrected chi connectivity index (χ4v) is 27.6. The lowest BCUT2D eigenvalue weighted by Gasteiger charge is -2.76. The average Bonchev–Trinajstić information content (AvgIpc) is 1.63. The molecule has 0 amide bonds. The zero-order valence-corrected chi connectivity index (χ0v) is 52.3. The Kier molecular flexibility index (Phi) is 13.0. The van der Waals surface area contributed by atoms with Crippen LogP contribution in [0.2, 0.25) is 0 Å². The quantitative estimate of drug-likeness (QED) is 0.0641. The first-order chi connectivity index (χ1) is 43.2. The smallest absolute Gasteiger partial charge is 0.331 e. The van der Waals surface area contributed by atoms with Gasteiger partial charge in [-0.2, -0.15) is 0 Å². The van der Waals surface area contributed by atoms with E-state index in [9.17, 15) is 15.0 Å². The Morgan fingerprint density at radius 3 is 2.40 bits per heavy atom. The third-order valence-electron chi connectivity index (χ3n) is 30.5. The van der Waals surface area contributed by atoms with Crippen LogP contribution in [0.15, 0.2) is 96.6 Å². The highest BCUT2D eigenvalue weighted by Crippen LogP contribution is 2.82. The molecule has 3 heterocycles. The molecule has 1 saturated heterocycles. The second-order valence-electron chi connectivity index (χ2n) is 33.3. The van der Waals surface area contributed by atoms with Crippen molar-refractivity contribution in [3.63, 3.8) is 0 Å². The molecule has 3 aromatic carbocycles. The van der Waals surface area contributed by atoms with Gasteiger partial charge in [-0.15, -0.1) is 0 Å². The molecule has 10 heteroatoms. The van der Waals surface area contributed by atoms with E-state index < -0.39 is 68.4 Å². The Balaban J connectivity index is 0.852. The van der Waals surface area contributed by atoms with Gasteiger partial charge in [0.25, 0.3) is 0 Å². The Hall–Kier alpha value is -4.44. The van der Waals surface area contributed by atoms with E-state index in [1.54, 1.807) is 6.08 Å². The fourth-order valence-electron chi connectivity index (χ4n) is 27.6. The lowest BCUT2D eigenvalue weighted by Crippen LogP contribution is -2.87. The molecule has 11 fully saturated rings. The number of hydrogen-bond acceptors (Lipinski definition) is 10. The summed E-state index contributed by atoms with van der Waals surface area (Å²) in [4.78, 5) is 30.5. The molecule has 6 N–H and O–H groups in total. The minimum Gasteiger partial charge on any atom is -0.454 e. The number of aldehydes is 1. The van der Waals surface area contributed by atoms with Crippen LogP contribution < -0.4 is 5.32 Å². The highest BCUT2D eigenvalue weighted by molar-refractivity contribution is 5.86. The molecular formula is C79H95NO9. The number of rotatable bonds is 4. The van der Waals surface area contributed by atoms with Crippen molar-refractivity contribution < 1.29 is 44.6 Å². The van der Waals surface area contributed by atoms with Gasteiger partial charge in [-0.3, -0.25) is 0 Å². The summed E-state index contributed by atoms with van der Waals surface area (Å²) >= 11 is 0. The van der Waals surface area contributed by atoms with E-state index in [0.29, 0.717) is 81.0 Å². The first-order valence-electron chi connectivity index (χ1n) is 35.8. The summed E-state index contributed by atoms with van der Waals surface area (Å²) < 4.78 is 14.7. The van der Waals surface area contributed by atoms with Gasteiger partial charge >= 0.3 is 5.97 Å². The fraction of sp³-hybridized carbons (Fsp3) is 0.671. The van der Waals surface area contributed by atoms with Crippen LogP contribution in [0.25, 0.3) is 0 Å². The van der Waals surface area contributed by atoms with Crippen molar-refractivity contribution in [3.8, 4) is 11.8 Å². The molecule has 16 aliphatic rings. The predicted octanol–water partition coefficient (Wildman–Crippen LogP) is 11.1. The molecule has 89 heavy (non-hydrogen) atoms. The largest absolute Gasteiger partial charge is 0.454 e. The van der Waals surface area contributed by atoms with Crippen LogP contribution in [-0.4, -0.2) is 92.1 Å². The Labute approximate surface area is 526 Å². The number of aliphatic hydroxyl groups is 5. The zero-order chi connectivity index (χ0) is 60.2. The maximum Gasteiger partial charge on any atom is 0.331 e. The van der Waals surface area contributed by atoms with Crippen LogP contribution in [0.3, 0.4) is 0 Å². The van der Waals surface area contributed by atoms with Crippen LogP contribution >= 0.6 is 0 Å². The summed E-state index contributed by atoms with van der Waals surface area (Å²) in [5, 5.41) is 76.2. The Bertz CT molecular complexity index is 3490. The third kappa shape index (κ3) is 7.65. The second kappa shape index (κ2) is 20.3. The Morgan fingerprint density at radius 2 is 1.58 bits per heavy atom. The van der Waals surface area contributed by atoms with Gasteiger partial charge in [-0.25, -0.2) is 4.79 Å². The van der Waals surface area contributed by atoms with Crippen molar-refractivity contribution in [2.75, 3.05) is 7.05 Å². The van der Waals surface area contributed by atoms with Gasteiger partial charge in [0, 0.05) is 57.6 Å². The number of hydrogen-bond donors (Lipinski definition) is 6. The molecular weight excluding hydrogens is 1110 g/mol. The molecule has 14 bridgehead atoms. The first kappa shape index (κ1) is 57.2. The van der Waals surface area contributed by atoms with Gasteiger partial charge in [0.15, 0.2) is 0 Å². The molecule has 26 unspecified atom stereocenters. The number of allylic oxidation sites excluding steroid dienone is 2. The summed E-state index contributed by atoms with van der Waals surface area (Å²) in [5.41, 5.74) is -1.93. The molecule has 3 spiro atoms. The van der Waals surface area contributed by atoms with Crippen molar-refractivity contribution in [1.29, 1.82) is 0 Å². The van der Waals surface area contributed by atoms with Gasteiger partial charge < -0.3 is 45.1 Å². The van der Waals surface area contributed by atoms with Gasteiger partial charge in [-0.05, 0) is 253 Å². The molecule has 10 nitrogen and oxygen atoms in total. The van der Waals surface area contributed by atoms with Gasteiger partial charge in [0.05, 0.1) is 35.9 Å². The van der Waals surface area contributed by atoms with E-state index in [2.05, 4.69) is 90.0 Å². The van der Waals surface area contributed by atoms with Gasteiger partial charge in [-0.1, -0.05) is 104 Å². The van der Waals surface area contributed by atoms with Gasteiger partial charge in [0.2, 0.25) is 0 Å². The number of ether oxygens (including phenoxy) is 2. The summed E-state index contributed by atoms with van der Waals surface area (Å²) in [6.45, 7) is -0.122. The molecule has 26 atom stereocenters. The van der Waals surface area contributed by atoms with Crippen LogP contribution in [-0.2, 0) is 44.9 Å². The van der Waals surface area contributed by atoms with Crippen LogP contribution in [0.5, 0.6) is 0 Å². The molecule has 470 valence electrons. The lowest BCUT2D eigenvalue weighted by atomic mass is 9.31. The number of likely N-dealkylation sites (N-methyl/N-ethyl adjacent to an activating group) is 1. The number of fused-ring (bicyclic) bond motifs is 11. The molecule has 13 aliphatic carbocycles. The number of carbonyl (C=O) groups is 2. The zero-order valence-electron chi connectivity index (χ0n) is 52.3. The van der Waals surface area contributed by atoms with E-state index in [4.69, 9.17) is 9.47 Å². The molecule has 3 aromatic rings. The minimum absolute atomic E-state index is 0.0835. The van der Waals surface area contributed by atoms with Gasteiger partial charge in [0.1, 0.15) is 23.6 Å².